The van der Waals surface area contributed by atoms with Crippen molar-refractivity contribution in [2.75, 3.05) is 20.2 Å². The van der Waals surface area contributed by atoms with Gasteiger partial charge in [-0.25, -0.2) is 0 Å². The molecule has 3 nitrogen and oxygen atoms in total. The summed E-state index contributed by atoms with van der Waals surface area (Å²) < 4.78 is 47.3. The maximum absolute atomic E-state index is 13.4. The molecule has 0 N–H and O–H groups in total. The van der Waals surface area contributed by atoms with E-state index in [0.29, 0.717) is 24.4 Å². The summed E-state index contributed by atoms with van der Waals surface area (Å²) in [5, 5.41) is 0. The quantitative estimate of drug-likeness (QED) is 0.296. The van der Waals surface area contributed by atoms with Gasteiger partial charge in [-0.15, -0.1) is 24.8 Å². The first kappa shape index (κ1) is 25.4. The Morgan fingerprint density at radius 2 is 1.85 bits per heavy atom. The van der Waals surface area contributed by atoms with E-state index in [0.717, 1.165) is 24.6 Å². The molecule has 0 spiro atoms. The first-order valence-corrected chi connectivity index (χ1v) is 10.5. The standard InChI is InChI=1S/C26H25F3N2O.U/c1-18-11-16-31(22-7-5-4-6-8-22)25(18)20-12-14-30(15-13-20)19(2)21-9-10-24(32-3)23(17-21)26(27,28)29;/h4-7,9-11,16-17H,2,12-15H2,1,3H3;/q-2;+2. The van der Waals surface area contributed by atoms with Gasteiger partial charge in [0.2, 0.25) is 0 Å². The first-order chi connectivity index (χ1) is 15.3. The number of likely N-dealkylation sites (tertiary alicyclic amines) is 1. The number of ether oxygens (including phenoxy) is 1. The van der Waals surface area contributed by atoms with Gasteiger partial charge in [-0.2, -0.15) is 48.9 Å². The van der Waals surface area contributed by atoms with Crippen molar-refractivity contribution in [2.24, 2.45) is 0 Å². The van der Waals surface area contributed by atoms with E-state index in [1.807, 2.05) is 24.3 Å². The molecule has 1 saturated heterocycles. The minimum absolute atomic E-state index is 0. The van der Waals surface area contributed by atoms with Crippen LogP contribution in [0.25, 0.3) is 11.4 Å². The molecule has 0 radical (unpaired) electrons. The molecule has 3 aromatic rings. The number of piperidine rings is 1. The van der Waals surface area contributed by atoms with Crippen LogP contribution in [0.15, 0.2) is 61.3 Å². The van der Waals surface area contributed by atoms with Crippen molar-refractivity contribution in [3.05, 3.63) is 95.7 Å². The van der Waals surface area contributed by atoms with Gasteiger partial charge in [0, 0.05) is 18.8 Å². The first-order valence-electron chi connectivity index (χ1n) is 10.5. The fourth-order valence-electron chi connectivity index (χ4n) is 4.29. The van der Waals surface area contributed by atoms with Crippen LogP contribution in [-0.4, -0.2) is 29.7 Å². The number of methoxy groups -OCH3 is 1. The van der Waals surface area contributed by atoms with Crippen LogP contribution in [-0.2, 0) is 6.18 Å². The topological polar surface area (TPSA) is 17.4 Å². The normalized spacial score (nSPS) is 14.1. The van der Waals surface area contributed by atoms with Crippen molar-refractivity contribution < 1.29 is 49.0 Å². The van der Waals surface area contributed by atoms with Crippen LogP contribution in [0.3, 0.4) is 0 Å². The maximum Gasteiger partial charge on any atom is 2.00 e. The van der Waals surface area contributed by atoms with Gasteiger partial charge in [0.05, 0.1) is 12.7 Å². The molecule has 4 rings (SSSR count). The summed E-state index contributed by atoms with van der Waals surface area (Å²) in [4.78, 5) is 2.06. The van der Waals surface area contributed by atoms with E-state index in [9.17, 15) is 13.2 Å². The number of alkyl halides is 3. The number of halogens is 3. The van der Waals surface area contributed by atoms with E-state index < -0.39 is 11.7 Å². The van der Waals surface area contributed by atoms with Crippen molar-refractivity contribution >= 4 is 5.70 Å². The third-order valence-electron chi connectivity index (χ3n) is 5.96. The summed E-state index contributed by atoms with van der Waals surface area (Å²) in [5.41, 5.74) is 3.67. The Hall–Kier alpha value is -2.23. The zero-order chi connectivity index (χ0) is 22.9. The number of hydrogen-bond acceptors (Lipinski definition) is 2. The molecular formula is C26H25F3N2OU. The van der Waals surface area contributed by atoms with Crippen LogP contribution in [0.5, 0.6) is 5.75 Å². The van der Waals surface area contributed by atoms with Crippen LogP contribution in [0.4, 0.5) is 13.2 Å². The number of aromatic nitrogens is 1. The predicted octanol–water partition coefficient (Wildman–Crippen LogP) is 6.30. The van der Waals surface area contributed by atoms with E-state index in [4.69, 9.17) is 4.74 Å². The molecule has 0 saturated carbocycles. The molecular weight excluding hydrogens is 651 g/mol. The second-order valence-corrected chi connectivity index (χ2v) is 7.92. The van der Waals surface area contributed by atoms with Gasteiger partial charge in [-0.05, 0) is 30.0 Å². The Bertz CT molecular complexity index is 1100. The number of nitrogens with zero attached hydrogens (tertiary/aromatic N) is 2. The maximum atomic E-state index is 13.4. The minimum Gasteiger partial charge on any atom is -0.496 e. The van der Waals surface area contributed by atoms with Gasteiger partial charge < -0.3 is 14.2 Å². The third-order valence-corrected chi connectivity index (χ3v) is 5.96. The Kier molecular flexibility index (Phi) is 7.97. The zero-order valence-electron chi connectivity index (χ0n) is 18.7. The SMILES string of the molecule is C=C(c1ccc(OC)c(C(F)(F)F)c1)N1CC[C-](c2c(C)ccn2-c2[c-]cccc2)CC1.[U+2]. The molecule has 0 aliphatic carbocycles. The van der Waals surface area contributed by atoms with Gasteiger partial charge in [0.1, 0.15) is 5.75 Å². The molecule has 2 heterocycles. The van der Waals surface area contributed by atoms with E-state index in [2.05, 4.69) is 41.3 Å². The molecule has 0 atom stereocenters. The average Bonchev–Trinajstić information content (AvgIpc) is 3.19. The van der Waals surface area contributed by atoms with Crippen molar-refractivity contribution in [3.63, 3.8) is 0 Å². The van der Waals surface area contributed by atoms with Gasteiger partial charge in [-0.1, -0.05) is 25.1 Å². The molecule has 1 fully saturated rings. The van der Waals surface area contributed by atoms with Gasteiger partial charge in [0.25, 0.3) is 0 Å². The van der Waals surface area contributed by atoms with Crippen molar-refractivity contribution in [1.82, 2.24) is 9.47 Å². The summed E-state index contributed by atoms with van der Waals surface area (Å²) in [6.07, 6.45) is -0.787. The van der Waals surface area contributed by atoms with Crippen LogP contribution >= 0.6 is 0 Å². The van der Waals surface area contributed by atoms with Gasteiger partial charge >= 0.3 is 37.3 Å². The summed E-state index contributed by atoms with van der Waals surface area (Å²) in [7, 11) is 1.24. The molecule has 0 amide bonds. The van der Waals surface area contributed by atoms with E-state index in [1.54, 1.807) is 6.07 Å². The average molecular weight is 677 g/mol. The van der Waals surface area contributed by atoms with Crippen LogP contribution < -0.4 is 4.74 Å². The summed E-state index contributed by atoms with van der Waals surface area (Å²) in [6.45, 7) is 7.59. The number of aryl methyl sites for hydroxylation is 1. The van der Waals surface area contributed by atoms with E-state index in [-0.39, 0.29) is 36.9 Å². The molecule has 7 heteroatoms. The number of hydrogen-bond donors (Lipinski definition) is 0. The smallest absolute Gasteiger partial charge is 0.496 e. The van der Waals surface area contributed by atoms with Crippen LogP contribution in [0, 0.1) is 50.0 Å². The third kappa shape index (κ3) is 5.31. The second kappa shape index (κ2) is 10.4. The number of para-hydroxylation sites is 1. The summed E-state index contributed by atoms with van der Waals surface area (Å²) in [6, 6.07) is 17.4. The van der Waals surface area contributed by atoms with E-state index >= 15 is 0 Å². The van der Waals surface area contributed by atoms with Gasteiger partial charge in [-0.3, -0.25) is 0 Å². The molecule has 1 aliphatic heterocycles. The largest absolute Gasteiger partial charge is 2.00 e. The molecule has 0 unspecified atom stereocenters. The predicted molar refractivity (Wildman–Crippen MR) is 120 cm³/mol. The number of benzene rings is 2. The Labute approximate surface area is 216 Å². The van der Waals surface area contributed by atoms with Crippen molar-refractivity contribution in [2.45, 2.75) is 25.9 Å². The number of rotatable bonds is 5. The molecule has 1 aromatic heterocycles. The monoisotopic (exact) mass is 676 g/mol. The molecule has 33 heavy (non-hydrogen) atoms. The Morgan fingerprint density at radius 3 is 2.45 bits per heavy atom. The Morgan fingerprint density at radius 1 is 1.12 bits per heavy atom. The molecule has 0 bridgehead atoms. The van der Waals surface area contributed by atoms with Crippen molar-refractivity contribution in [3.8, 4) is 11.4 Å². The fourth-order valence-corrected chi connectivity index (χ4v) is 4.29. The molecule has 2 aromatic carbocycles. The summed E-state index contributed by atoms with van der Waals surface area (Å²) in [5.74, 6) is 1.15. The summed E-state index contributed by atoms with van der Waals surface area (Å²) >= 11 is 0. The zero-order valence-corrected chi connectivity index (χ0v) is 22.8. The van der Waals surface area contributed by atoms with Crippen LogP contribution in [0.1, 0.15) is 35.2 Å². The second-order valence-electron chi connectivity index (χ2n) is 7.92. The molecule has 1 aliphatic rings. The fraction of sp³-hybridized carbons (Fsp3) is 0.269. The van der Waals surface area contributed by atoms with Crippen molar-refractivity contribution in [1.29, 1.82) is 0 Å². The van der Waals surface area contributed by atoms with Crippen LogP contribution in [0.2, 0.25) is 0 Å². The van der Waals surface area contributed by atoms with Gasteiger partial charge in [0.15, 0.2) is 0 Å². The Balaban J connectivity index is 0.00000306. The molecule has 170 valence electrons. The minimum atomic E-state index is -4.48. The van der Waals surface area contributed by atoms with E-state index in [1.165, 1.54) is 30.4 Å².